The van der Waals surface area contributed by atoms with E-state index in [1.807, 2.05) is 19.1 Å². The quantitative estimate of drug-likeness (QED) is 0.150. The predicted molar refractivity (Wildman–Crippen MR) is 163 cm³/mol. The Balaban J connectivity index is 1.34. The van der Waals surface area contributed by atoms with Crippen molar-refractivity contribution in [1.29, 1.82) is 0 Å². The molecular weight excluding hydrogens is 603 g/mol. The molecule has 2 aromatic carbocycles. The number of hydrogen-bond donors (Lipinski definition) is 1. The number of halogens is 1. The number of cyclic esters (lactones) is 1. The van der Waals surface area contributed by atoms with Crippen LogP contribution in [0, 0.1) is 16.0 Å². The maximum absolute atomic E-state index is 16.1. The highest BCUT2D eigenvalue weighted by Gasteiger charge is 2.66. The fourth-order valence-corrected chi connectivity index (χ4v) is 9.65. The van der Waals surface area contributed by atoms with Gasteiger partial charge >= 0.3 is 6.09 Å². The van der Waals surface area contributed by atoms with E-state index in [1.54, 1.807) is 47.1 Å². The third kappa shape index (κ3) is 5.38. The molecule has 2 amide bonds. The summed E-state index contributed by atoms with van der Waals surface area (Å²) in [4.78, 5) is 41.0. The second kappa shape index (κ2) is 11.6. The SMILES string of the molecule is C[C@H]1[C@H]([Si](C)(C)F)[C@@H](CCn2cc(CCO)nn2)O[C@]12C(=O)N(Cc1ccc(N3CCOC3=O)cc1)c1ccc([N+](=O)[O-])cc12. The van der Waals surface area contributed by atoms with Crippen LogP contribution in [0.5, 0.6) is 0 Å². The molecule has 0 aliphatic carbocycles. The number of anilines is 2. The summed E-state index contributed by atoms with van der Waals surface area (Å²) < 4.78 is 29.5. The van der Waals surface area contributed by atoms with Crippen LogP contribution >= 0.6 is 0 Å². The van der Waals surface area contributed by atoms with Gasteiger partial charge in [-0.2, -0.15) is 0 Å². The van der Waals surface area contributed by atoms with Crippen molar-refractivity contribution in [3.63, 3.8) is 0 Å². The number of fused-ring (bicyclic) bond motifs is 2. The van der Waals surface area contributed by atoms with Crippen LogP contribution in [0.1, 0.15) is 30.2 Å². The normalized spacial score (nSPS) is 24.5. The summed E-state index contributed by atoms with van der Waals surface area (Å²) in [5, 5.41) is 29.2. The number of ether oxygens (including phenoxy) is 2. The molecule has 1 aromatic heterocycles. The fraction of sp³-hybridized carbons (Fsp3) is 0.467. The van der Waals surface area contributed by atoms with Gasteiger partial charge in [0.1, 0.15) is 6.61 Å². The molecule has 4 atom stereocenters. The van der Waals surface area contributed by atoms with Gasteiger partial charge in [-0.25, -0.2) is 4.79 Å². The van der Waals surface area contributed by atoms with Gasteiger partial charge in [0.05, 0.1) is 35.5 Å². The standard InChI is InChI=1S/C30H35FN6O7Si/c1-19-27(45(2,3)31)26(10-12-34-18-21(11-14-38)32-33-34)44-30(19)24-16-23(37(41)42)8-9-25(24)36(28(30)39)17-20-4-6-22(7-5-20)35-13-15-43-29(35)40/h4-9,16,18-19,26-27,38H,10-15,17H2,1-3H3/t19-,26+,27-,30+/m0/s1. The Kier molecular flexibility index (Phi) is 7.95. The largest absolute Gasteiger partial charge is 0.447 e. The van der Waals surface area contributed by atoms with Crippen LogP contribution in [0.15, 0.2) is 48.7 Å². The zero-order chi connectivity index (χ0) is 32.1. The molecule has 1 N–H and O–H groups in total. The highest BCUT2D eigenvalue weighted by molar-refractivity contribution is 6.72. The minimum absolute atomic E-state index is 0.0600. The summed E-state index contributed by atoms with van der Waals surface area (Å²) in [5.74, 6) is -1.01. The monoisotopic (exact) mass is 638 g/mol. The number of aryl methyl sites for hydroxylation is 1. The maximum atomic E-state index is 16.1. The molecule has 4 heterocycles. The molecule has 6 rings (SSSR count). The molecule has 1 spiro atoms. The van der Waals surface area contributed by atoms with Gasteiger partial charge in [0.2, 0.25) is 8.41 Å². The number of carbonyl (C=O) groups is 2. The number of aliphatic hydroxyl groups excluding tert-OH is 1. The Hall–Kier alpha value is -4.21. The molecule has 0 unspecified atom stereocenters. The Morgan fingerprint density at radius 1 is 1.20 bits per heavy atom. The van der Waals surface area contributed by atoms with Gasteiger partial charge in [-0.05, 0) is 43.3 Å². The fourth-order valence-electron chi connectivity index (χ4n) is 7.10. The van der Waals surface area contributed by atoms with Crippen molar-refractivity contribution in [2.45, 2.75) is 63.2 Å². The third-order valence-electron chi connectivity index (χ3n) is 9.10. The molecule has 15 heteroatoms. The number of amides is 2. The van der Waals surface area contributed by atoms with Crippen molar-refractivity contribution in [3.05, 3.63) is 75.6 Å². The summed E-state index contributed by atoms with van der Waals surface area (Å²) in [6.45, 7) is 6.20. The molecule has 45 heavy (non-hydrogen) atoms. The molecule has 3 aliphatic rings. The number of nitro groups is 1. The zero-order valence-corrected chi connectivity index (χ0v) is 26.3. The lowest BCUT2D eigenvalue weighted by Gasteiger charge is -2.31. The van der Waals surface area contributed by atoms with Crippen molar-refractivity contribution >= 4 is 37.5 Å². The highest BCUT2D eigenvalue weighted by Crippen LogP contribution is 2.60. The molecule has 238 valence electrons. The molecular formula is C30H35FN6O7Si. The Labute approximate surface area is 259 Å². The lowest BCUT2D eigenvalue weighted by molar-refractivity contribution is -0.385. The van der Waals surface area contributed by atoms with Crippen molar-refractivity contribution in [1.82, 2.24) is 15.0 Å². The van der Waals surface area contributed by atoms with Crippen LogP contribution in [-0.2, 0) is 39.4 Å². The van der Waals surface area contributed by atoms with Crippen molar-refractivity contribution in [2.24, 2.45) is 5.92 Å². The van der Waals surface area contributed by atoms with E-state index in [0.29, 0.717) is 55.2 Å². The molecule has 3 aliphatic heterocycles. The number of nitro benzene ring substituents is 1. The molecule has 2 fully saturated rings. The number of hydrogen-bond acceptors (Lipinski definition) is 9. The average molecular weight is 639 g/mol. The minimum Gasteiger partial charge on any atom is -0.447 e. The van der Waals surface area contributed by atoms with Crippen molar-refractivity contribution < 1.29 is 33.2 Å². The number of carbonyl (C=O) groups excluding carboxylic acids is 2. The number of benzene rings is 2. The lowest BCUT2D eigenvalue weighted by atomic mass is 9.82. The average Bonchev–Trinajstić information content (AvgIpc) is 3.75. The van der Waals surface area contributed by atoms with Crippen molar-refractivity contribution in [3.8, 4) is 0 Å². The second-order valence-electron chi connectivity index (χ2n) is 12.3. The first-order chi connectivity index (χ1) is 21.4. The smallest absolute Gasteiger partial charge is 0.414 e. The van der Waals surface area contributed by atoms with Gasteiger partial charge in [0, 0.05) is 60.6 Å². The summed E-state index contributed by atoms with van der Waals surface area (Å²) in [6, 6.07) is 11.5. The van der Waals surface area contributed by atoms with Gasteiger partial charge in [-0.3, -0.25) is 24.5 Å². The number of aliphatic hydroxyl groups is 1. The topological polar surface area (TPSA) is 153 Å². The van der Waals surface area contributed by atoms with Crippen LogP contribution in [0.3, 0.4) is 0 Å². The van der Waals surface area contributed by atoms with Crippen LogP contribution in [0.4, 0.5) is 26.0 Å². The third-order valence-corrected chi connectivity index (χ3v) is 11.6. The Morgan fingerprint density at radius 2 is 1.96 bits per heavy atom. The van der Waals surface area contributed by atoms with E-state index in [4.69, 9.17) is 9.47 Å². The first-order valence-electron chi connectivity index (χ1n) is 14.9. The molecule has 2 saturated heterocycles. The van der Waals surface area contributed by atoms with Crippen LogP contribution in [0.25, 0.3) is 0 Å². The lowest BCUT2D eigenvalue weighted by Crippen LogP contribution is -2.45. The van der Waals surface area contributed by atoms with E-state index in [2.05, 4.69) is 10.3 Å². The zero-order valence-electron chi connectivity index (χ0n) is 25.3. The van der Waals surface area contributed by atoms with Crippen LogP contribution < -0.4 is 9.80 Å². The highest BCUT2D eigenvalue weighted by atomic mass is 28.4. The van der Waals surface area contributed by atoms with E-state index in [-0.39, 0.29) is 18.8 Å². The minimum atomic E-state index is -3.45. The van der Waals surface area contributed by atoms with Crippen LogP contribution in [0.2, 0.25) is 18.6 Å². The number of aromatic nitrogens is 3. The first-order valence-corrected chi connectivity index (χ1v) is 17.9. The van der Waals surface area contributed by atoms with E-state index < -0.39 is 48.5 Å². The van der Waals surface area contributed by atoms with Gasteiger partial charge in [-0.15, -0.1) is 5.10 Å². The molecule has 0 bridgehead atoms. The molecule has 13 nitrogen and oxygen atoms in total. The van der Waals surface area contributed by atoms with Gasteiger partial charge in [-0.1, -0.05) is 24.3 Å². The van der Waals surface area contributed by atoms with Crippen molar-refractivity contribution in [2.75, 3.05) is 29.6 Å². The van der Waals surface area contributed by atoms with E-state index in [9.17, 15) is 24.8 Å². The molecule has 0 radical (unpaired) electrons. The van der Waals surface area contributed by atoms with E-state index in [1.165, 1.54) is 17.0 Å². The van der Waals surface area contributed by atoms with Gasteiger partial charge in [0.25, 0.3) is 11.6 Å². The Morgan fingerprint density at radius 3 is 2.60 bits per heavy atom. The summed E-state index contributed by atoms with van der Waals surface area (Å²) in [7, 11) is -3.45. The maximum Gasteiger partial charge on any atom is 0.414 e. The first kappa shape index (κ1) is 30.8. The van der Waals surface area contributed by atoms with Gasteiger partial charge < -0.3 is 23.6 Å². The molecule has 0 saturated carbocycles. The van der Waals surface area contributed by atoms with E-state index in [0.717, 1.165) is 5.56 Å². The summed E-state index contributed by atoms with van der Waals surface area (Å²) in [5.41, 5.74) is 0.522. The second-order valence-corrected chi connectivity index (χ2v) is 16.1. The van der Waals surface area contributed by atoms with Gasteiger partial charge in [0.15, 0.2) is 5.60 Å². The number of non-ortho nitro benzene ring substituents is 1. The Bertz CT molecular complexity index is 1630. The number of rotatable bonds is 10. The van der Waals surface area contributed by atoms with Crippen LogP contribution in [-0.4, -0.2) is 71.3 Å². The summed E-state index contributed by atoms with van der Waals surface area (Å²) in [6.07, 6.45) is 1.35. The summed E-state index contributed by atoms with van der Waals surface area (Å²) >= 11 is 0. The number of nitrogens with zero attached hydrogens (tertiary/aromatic N) is 6. The molecule has 3 aromatic rings. The predicted octanol–water partition coefficient (Wildman–Crippen LogP) is 4.09. The van der Waals surface area contributed by atoms with E-state index >= 15 is 4.11 Å².